The molecule has 0 heterocycles. The van der Waals surface area contributed by atoms with E-state index in [0.717, 1.165) is 5.92 Å². The van der Waals surface area contributed by atoms with Crippen LogP contribution >= 0.6 is 0 Å². The molecule has 1 saturated carbocycles. The fourth-order valence-corrected chi connectivity index (χ4v) is 3.00. The van der Waals surface area contributed by atoms with Crippen molar-refractivity contribution in [3.63, 3.8) is 0 Å². The molecule has 74 valence electrons. The van der Waals surface area contributed by atoms with Crippen molar-refractivity contribution in [2.45, 2.75) is 44.9 Å². The molecule has 0 radical (unpaired) electrons. The smallest absolute Gasteiger partial charge is 0.0487 e. The van der Waals surface area contributed by atoms with Gasteiger partial charge in [0.25, 0.3) is 0 Å². The Kier molecular flexibility index (Phi) is 2.73. The third-order valence-electron chi connectivity index (χ3n) is 3.83. The van der Waals surface area contributed by atoms with Gasteiger partial charge in [0.1, 0.15) is 0 Å². The van der Waals surface area contributed by atoms with E-state index < -0.39 is 0 Å². The molecule has 1 N–H and O–H groups in total. The quantitative estimate of drug-likeness (QED) is 0.662. The van der Waals surface area contributed by atoms with Gasteiger partial charge < -0.3 is 5.11 Å². The van der Waals surface area contributed by atoms with E-state index in [1.54, 1.807) is 0 Å². The van der Waals surface area contributed by atoms with Crippen molar-refractivity contribution in [2.75, 3.05) is 6.61 Å². The molecule has 0 saturated heterocycles. The lowest BCUT2D eigenvalue weighted by molar-refractivity contribution is 0.103. The van der Waals surface area contributed by atoms with Gasteiger partial charge in [-0.1, -0.05) is 25.0 Å². The predicted octanol–water partition coefficient (Wildman–Crippen LogP) is 2.90. The molecule has 1 nitrogen and oxygen atoms in total. The zero-order chi connectivity index (χ0) is 9.15. The van der Waals surface area contributed by atoms with Gasteiger partial charge in [0.2, 0.25) is 0 Å². The summed E-state index contributed by atoms with van der Waals surface area (Å²) in [7, 11) is 0. The maximum Gasteiger partial charge on any atom is 0.0487 e. The van der Waals surface area contributed by atoms with Crippen LogP contribution in [0.5, 0.6) is 0 Å². The summed E-state index contributed by atoms with van der Waals surface area (Å²) >= 11 is 0. The number of hydrogen-bond donors (Lipinski definition) is 1. The average Bonchev–Trinajstić information content (AvgIpc) is 2.77. The lowest BCUT2D eigenvalue weighted by Crippen LogP contribution is -2.24. The Morgan fingerprint density at radius 1 is 1.15 bits per heavy atom. The van der Waals surface area contributed by atoms with Gasteiger partial charge in [-0.3, -0.25) is 0 Å². The highest BCUT2D eigenvalue weighted by molar-refractivity contribution is 4.97. The normalized spacial score (nSPS) is 27.2. The third kappa shape index (κ3) is 1.96. The molecule has 2 aliphatic rings. The van der Waals surface area contributed by atoms with Gasteiger partial charge in [0.05, 0.1) is 0 Å². The highest BCUT2D eigenvalue weighted by atomic mass is 16.3. The van der Waals surface area contributed by atoms with Crippen LogP contribution in [0.1, 0.15) is 44.9 Å². The summed E-state index contributed by atoms with van der Waals surface area (Å²) in [6, 6.07) is 0. The van der Waals surface area contributed by atoms with Gasteiger partial charge in [0, 0.05) is 6.61 Å². The molecule has 0 unspecified atom stereocenters. The molecule has 0 spiro atoms. The fraction of sp³-hybridized carbons (Fsp3) is 0.833. The van der Waals surface area contributed by atoms with E-state index in [2.05, 4.69) is 12.2 Å². The first-order valence-corrected chi connectivity index (χ1v) is 5.61. The van der Waals surface area contributed by atoms with Gasteiger partial charge in [-0.15, -0.1) is 0 Å². The van der Waals surface area contributed by atoms with Crippen molar-refractivity contribution >= 4 is 0 Å². The molecule has 2 rings (SSSR count). The molecule has 1 heteroatoms. The van der Waals surface area contributed by atoms with E-state index in [-0.39, 0.29) is 0 Å². The Balaban J connectivity index is 1.89. The minimum atomic E-state index is 0.316. The monoisotopic (exact) mass is 180 g/mol. The second-order valence-corrected chi connectivity index (χ2v) is 4.88. The molecule has 1 fully saturated rings. The molecule has 0 aromatic rings. The van der Waals surface area contributed by atoms with Crippen molar-refractivity contribution in [3.05, 3.63) is 12.2 Å². The van der Waals surface area contributed by atoms with Crippen molar-refractivity contribution < 1.29 is 5.11 Å². The van der Waals surface area contributed by atoms with Crippen LogP contribution < -0.4 is 0 Å². The third-order valence-corrected chi connectivity index (χ3v) is 3.83. The van der Waals surface area contributed by atoms with Crippen LogP contribution in [-0.4, -0.2) is 11.7 Å². The van der Waals surface area contributed by atoms with Gasteiger partial charge in [-0.05, 0) is 43.4 Å². The lowest BCUT2D eigenvalue weighted by atomic mass is 9.78. The topological polar surface area (TPSA) is 20.2 Å². The van der Waals surface area contributed by atoms with Crippen molar-refractivity contribution in [1.82, 2.24) is 0 Å². The molecule has 0 bridgehead atoms. The first-order chi connectivity index (χ1) is 6.35. The van der Waals surface area contributed by atoms with Crippen molar-refractivity contribution in [1.29, 1.82) is 0 Å². The Hall–Kier alpha value is -0.300. The van der Waals surface area contributed by atoms with E-state index in [9.17, 15) is 5.11 Å². The maximum atomic E-state index is 9.46. The minimum Gasteiger partial charge on any atom is -0.396 e. The molecule has 0 atom stereocenters. The molecule has 0 aromatic heterocycles. The van der Waals surface area contributed by atoms with Gasteiger partial charge in [-0.25, -0.2) is 0 Å². The maximum absolute atomic E-state index is 9.46. The zero-order valence-corrected chi connectivity index (χ0v) is 8.34. The summed E-state index contributed by atoms with van der Waals surface area (Å²) in [6.07, 6.45) is 13.6. The van der Waals surface area contributed by atoms with Crippen LogP contribution in [0.25, 0.3) is 0 Å². The molecule has 0 aromatic carbocycles. The lowest BCUT2D eigenvalue weighted by Gasteiger charge is -2.29. The number of hydrogen-bond acceptors (Lipinski definition) is 1. The molecule has 2 aliphatic carbocycles. The number of aliphatic hydroxyl groups excluding tert-OH is 1. The summed E-state index contributed by atoms with van der Waals surface area (Å²) in [4.78, 5) is 0. The summed E-state index contributed by atoms with van der Waals surface area (Å²) in [5, 5.41) is 9.46. The van der Waals surface area contributed by atoms with Crippen LogP contribution in [-0.2, 0) is 0 Å². The van der Waals surface area contributed by atoms with Crippen LogP contribution in [0, 0.1) is 11.3 Å². The molecule has 13 heavy (non-hydrogen) atoms. The second-order valence-electron chi connectivity index (χ2n) is 4.88. The SMILES string of the molecule is OCC1(CC2CC=CC2)CCCC1. The first kappa shape index (κ1) is 9.26. The van der Waals surface area contributed by atoms with Gasteiger partial charge in [-0.2, -0.15) is 0 Å². The minimum absolute atomic E-state index is 0.316. The largest absolute Gasteiger partial charge is 0.396 e. The number of rotatable bonds is 3. The van der Waals surface area contributed by atoms with E-state index in [1.807, 2.05) is 0 Å². The summed E-state index contributed by atoms with van der Waals surface area (Å²) < 4.78 is 0. The van der Waals surface area contributed by atoms with Crippen LogP contribution in [0.2, 0.25) is 0 Å². The molecular formula is C12H20O. The molecule has 0 amide bonds. The van der Waals surface area contributed by atoms with Gasteiger partial charge in [0.15, 0.2) is 0 Å². The predicted molar refractivity (Wildman–Crippen MR) is 54.5 cm³/mol. The van der Waals surface area contributed by atoms with E-state index in [4.69, 9.17) is 0 Å². The van der Waals surface area contributed by atoms with Crippen molar-refractivity contribution in [3.8, 4) is 0 Å². The van der Waals surface area contributed by atoms with Crippen LogP contribution in [0.3, 0.4) is 0 Å². The summed E-state index contributed by atoms with van der Waals surface area (Å²) in [5.41, 5.74) is 0.316. The zero-order valence-electron chi connectivity index (χ0n) is 8.34. The highest BCUT2D eigenvalue weighted by Gasteiger charge is 2.35. The summed E-state index contributed by atoms with van der Waals surface area (Å²) in [5.74, 6) is 0.838. The Morgan fingerprint density at radius 2 is 1.77 bits per heavy atom. The first-order valence-electron chi connectivity index (χ1n) is 5.61. The number of allylic oxidation sites excluding steroid dienone is 2. The van der Waals surface area contributed by atoms with E-state index >= 15 is 0 Å². The number of aliphatic hydroxyl groups is 1. The van der Waals surface area contributed by atoms with Crippen molar-refractivity contribution in [2.24, 2.45) is 11.3 Å². The second kappa shape index (κ2) is 3.83. The Bertz CT molecular complexity index is 181. The standard InChI is InChI=1S/C12H20O/c13-10-12(7-3-4-8-12)9-11-5-1-2-6-11/h1-2,11,13H,3-10H2. The van der Waals surface area contributed by atoms with Crippen LogP contribution in [0.15, 0.2) is 12.2 Å². The molecule has 0 aliphatic heterocycles. The Morgan fingerprint density at radius 3 is 2.31 bits per heavy atom. The van der Waals surface area contributed by atoms with Crippen LogP contribution in [0.4, 0.5) is 0 Å². The fourth-order valence-electron chi connectivity index (χ4n) is 3.00. The summed E-state index contributed by atoms with van der Waals surface area (Å²) in [6.45, 7) is 0.420. The van der Waals surface area contributed by atoms with Gasteiger partial charge >= 0.3 is 0 Å². The molecular weight excluding hydrogens is 160 g/mol. The van der Waals surface area contributed by atoms with E-state index in [0.29, 0.717) is 12.0 Å². The average molecular weight is 180 g/mol. The highest BCUT2D eigenvalue weighted by Crippen LogP contribution is 2.44. The van der Waals surface area contributed by atoms with E-state index in [1.165, 1.54) is 44.9 Å². The Labute approximate surface area is 80.8 Å².